The smallest absolute Gasteiger partial charge is 0.264 e. The third-order valence-electron chi connectivity index (χ3n) is 3.29. The number of carbonyl (C=O) groups excluding carboxylic acids is 2. The predicted octanol–water partition coefficient (Wildman–Crippen LogP) is 1.15. The van der Waals surface area contributed by atoms with E-state index in [9.17, 15) is 14.4 Å². The fourth-order valence-electron chi connectivity index (χ4n) is 2.32. The van der Waals surface area contributed by atoms with Crippen LogP contribution in [0.4, 0.5) is 5.69 Å². The van der Waals surface area contributed by atoms with Crippen molar-refractivity contribution in [2.24, 2.45) is 0 Å². The van der Waals surface area contributed by atoms with Crippen LogP contribution in [0.5, 0.6) is 0 Å². The minimum atomic E-state index is -2.50. The average Bonchev–Trinajstić information content (AvgIpc) is 2.58. The van der Waals surface area contributed by atoms with Crippen molar-refractivity contribution in [1.82, 2.24) is 9.55 Å². The number of nitrogens with zero attached hydrogens (tertiary/aromatic N) is 2. The number of Topliss-reactive ketones (excluding diaryl/α,β-unsaturated/α-hetero) is 2. The Kier molecular flexibility index (Phi) is 2.16. The van der Waals surface area contributed by atoms with Crippen molar-refractivity contribution in [3.8, 4) is 0 Å². The highest BCUT2D eigenvalue weighted by Crippen LogP contribution is 2.24. The molecule has 1 saturated carbocycles. The molecule has 0 saturated heterocycles. The van der Waals surface area contributed by atoms with E-state index in [-0.39, 0.29) is 22.4 Å². The second-order valence-electron chi connectivity index (χ2n) is 4.69. The van der Waals surface area contributed by atoms with Gasteiger partial charge in [-0.15, -0.1) is 0 Å². The van der Waals surface area contributed by atoms with Crippen molar-refractivity contribution in [3.63, 3.8) is 0 Å². The van der Waals surface area contributed by atoms with Crippen LogP contribution in [0.2, 0.25) is 0 Å². The van der Waals surface area contributed by atoms with Crippen LogP contribution in [-0.2, 0) is 9.59 Å². The number of fused-ring (bicyclic) bond motifs is 1. The zero-order valence-electron chi connectivity index (χ0n) is 15.0. The summed E-state index contributed by atoms with van der Waals surface area (Å²) < 4.78 is 32.6. The third kappa shape index (κ3) is 2.12. The monoisotopic (exact) mass is 289 g/mol. The van der Waals surface area contributed by atoms with E-state index >= 15 is 0 Å². The first-order chi connectivity index (χ1) is 11.7. The molecule has 108 valence electrons. The van der Waals surface area contributed by atoms with Gasteiger partial charge in [-0.2, -0.15) is 0 Å². The van der Waals surface area contributed by atoms with Gasteiger partial charge < -0.3 is 5.73 Å². The van der Waals surface area contributed by atoms with E-state index in [2.05, 4.69) is 4.98 Å². The van der Waals surface area contributed by atoms with Gasteiger partial charge in [0.2, 0.25) is 0 Å². The molecule has 0 spiro atoms. The van der Waals surface area contributed by atoms with Gasteiger partial charge in [-0.3, -0.25) is 19.0 Å². The van der Waals surface area contributed by atoms with Gasteiger partial charge in [0, 0.05) is 16.2 Å². The van der Waals surface area contributed by atoms with Crippen LogP contribution >= 0.6 is 0 Å². The van der Waals surface area contributed by atoms with Gasteiger partial charge in [-0.1, -0.05) is 6.07 Å². The van der Waals surface area contributed by atoms with Crippen molar-refractivity contribution in [2.45, 2.75) is 32.1 Å². The van der Waals surface area contributed by atoms with Crippen LogP contribution in [0.3, 0.4) is 0 Å². The van der Waals surface area contributed by atoms with Crippen LogP contribution in [0.15, 0.2) is 23.0 Å². The number of hydrogen-bond donors (Lipinski definition) is 1. The number of rotatable bonds is 1. The molecule has 1 aromatic heterocycles. The van der Waals surface area contributed by atoms with Crippen LogP contribution in [0, 0.1) is 6.90 Å². The SMILES string of the molecule is [2H]Cc1nc2cccc(N)c2c(=O)n1C1([2H])C(=O)CC(=O)C([2H])C1[2H]. The van der Waals surface area contributed by atoms with Crippen LogP contribution < -0.4 is 11.3 Å². The van der Waals surface area contributed by atoms with Crippen LogP contribution in [-0.4, -0.2) is 21.1 Å². The van der Waals surface area contributed by atoms with Gasteiger partial charge in [-0.05, 0) is 25.4 Å². The molecule has 1 fully saturated rings. The second kappa shape index (κ2) is 4.80. The van der Waals surface area contributed by atoms with Gasteiger partial charge in [0.25, 0.3) is 5.56 Å². The van der Waals surface area contributed by atoms with Gasteiger partial charge in [0.05, 0.1) is 24.7 Å². The number of aryl methyl sites for hydroxylation is 1. The van der Waals surface area contributed by atoms with Crippen LogP contribution in [0.25, 0.3) is 10.9 Å². The number of hydrogen-bond acceptors (Lipinski definition) is 5. The summed E-state index contributed by atoms with van der Waals surface area (Å²) in [7, 11) is 0. The molecule has 2 N–H and O–H groups in total. The Morgan fingerprint density at radius 1 is 1.48 bits per heavy atom. The summed E-state index contributed by atoms with van der Waals surface area (Å²) in [5.41, 5.74) is 5.31. The first-order valence-electron chi connectivity index (χ1n) is 8.60. The van der Waals surface area contributed by atoms with Gasteiger partial charge in [-0.25, -0.2) is 4.98 Å². The summed E-state index contributed by atoms with van der Waals surface area (Å²) in [6.07, 6.45) is -4.16. The number of carbonyl (C=O) groups is 2. The van der Waals surface area contributed by atoms with E-state index in [1.807, 2.05) is 0 Å². The lowest BCUT2D eigenvalue weighted by Crippen LogP contribution is -2.36. The fourth-order valence-corrected chi connectivity index (χ4v) is 2.32. The van der Waals surface area contributed by atoms with E-state index in [0.29, 0.717) is 4.57 Å². The number of anilines is 1. The molecule has 1 aromatic carbocycles. The molecule has 0 radical (unpaired) electrons. The Morgan fingerprint density at radius 3 is 3.05 bits per heavy atom. The lowest BCUT2D eigenvalue weighted by atomic mass is 9.92. The highest BCUT2D eigenvalue weighted by Gasteiger charge is 2.30. The number of ketones is 2. The molecular formula is C15H15N3O3. The molecule has 2 aromatic rings. The van der Waals surface area contributed by atoms with Crippen molar-refractivity contribution in [2.75, 3.05) is 5.73 Å². The van der Waals surface area contributed by atoms with Crippen molar-refractivity contribution in [1.29, 1.82) is 0 Å². The summed E-state index contributed by atoms with van der Waals surface area (Å²) in [5.74, 6) is -1.92. The van der Waals surface area contributed by atoms with E-state index in [4.69, 9.17) is 11.2 Å². The van der Waals surface area contributed by atoms with Crippen molar-refractivity contribution < 1.29 is 15.1 Å². The highest BCUT2D eigenvalue weighted by molar-refractivity contribution is 6.03. The summed E-state index contributed by atoms with van der Waals surface area (Å²) in [6.45, 7) is -0.517. The topological polar surface area (TPSA) is 95.0 Å². The number of nitrogen functional groups attached to an aromatic ring is 1. The predicted molar refractivity (Wildman–Crippen MR) is 78.1 cm³/mol. The molecule has 21 heavy (non-hydrogen) atoms. The molecule has 0 aliphatic heterocycles. The Labute approximate surface area is 126 Å². The molecule has 6 nitrogen and oxygen atoms in total. The molecular weight excluding hydrogens is 270 g/mol. The Bertz CT molecular complexity index is 961. The Balaban J connectivity index is 2.40. The minimum Gasteiger partial charge on any atom is -0.398 e. The Hall–Kier alpha value is -2.50. The fraction of sp³-hybridized carbons (Fsp3) is 0.333. The molecule has 3 unspecified atom stereocenters. The summed E-state index contributed by atoms with van der Waals surface area (Å²) in [6, 6.07) is 2.06. The first kappa shape index (κ1) is 9.44. The number of benzene rings is 1. The summed E-state index contributed by atoms with van der Waals surface area (Å²) >= 11 is 0. The molecule has 3 atom stereocenters. The number of aromatic nitrogens is 2. The van der Waals surface area contributed by atoms with E-state index in [1.54, 1.807) is 6.07 Å². The standard InChI is InChI=1S/C15H15N3O3/c1-8-17-11-4-2-3-10(16)14(11)15(21)18(8)12-6-5-9(19)7-13(12)20/h2-4,12H,5-7,16H2,1H3/i1D,5D,6D,12D. The quantitative estimate of drug-likeness (QED) is 0.627. The van der Waals surface area contributed by atoms with E-state index in [1.165, 1.54) is 12.1 Å². The summed E-state index contributed by atoms with van der Waals surface area (Å²) in [5, 5.41) is -0.0234. The maximum atomic E-state index is 13.0. The normalized spacial score (nSPS) is 32.4. The van der Waals surface area contributed by atoms with E-state index < -0.39 is 49.3 Å². The molecule has 3 rings (SSSR count). The lowest BCUT2D eigenvalue weighted by Gasteiger charge is -2.24. The zero-order chi connectivity index (χ0) is 18.5. The lowest BCUT2D eigenvalue weighted by molar-refractivity contribution is -0.132. The van der Waals surface area contributed by atoms with Crippen LogP contribution in [0.1, 0.15) is 36.5 Å². The number of nitrogens with two attached hydrogens (primary N) is 1. The van der Waals surface area contributed by atoms with Gasteiger partial charge >= 0.3 is 0 Å². The zero-order valence-corrected chi connectivity index (χ0v) is 11.0. The molecule has 1 aliphatic carbocycles. The second-order valence-corrected chi connectivity index (χ2v) is 4.69. The molecule has 0 amide bonds. The third-order valence-corrected chi connectivity index (χ3v) is 3.29. The average molecular weight is 289 g/mol. The maximum absolute atomic E-state index is 13.0. The van der Waals surface area contributed by atoms with Gasteiger partial charge in [0.15, 0.2) is 5.78 Å². The molecule has 6 heteroatoms. The molecule has 1 aliphatic rings. The summed E-state index contributed by atoms with van der Waals surface area (Å²) in [4.78, 5) is 41.2. The van der Waals surface area contributed by atoms with Crippen molar-refractivity contribution >= 4 is 28.2 Å². The largest absolute Gasteiger partial charge is 0.398 e. The molecule has 1 heterocycles. The van der Waals surface area contributed by atoms with Crippen molar-refractivity contribution in [3.05, 3.63) is 34.4 Å². The van der Waals surface area contributed by atoms with Gasteiger partial charge in [0.1, 0.15) is 11.6 Å². The first-order valence-corrected chi connectivity index (χ1v) is 6.23. The Morgan fingerprint density at radius 2 is 2.29 bits per heavy atom. The maximum Gasteiger partial charge on any atom is 0.264 e. The highest BCUT2D eigenvalue weighted by atomic mass is 16.2. The molecule has 0 bridgehead atoms. The minimum absolute atomic E-state index is 0.0234. The van der Waals surface area contributed by atoms with E-state index in [0.717, 1.165) is 0 Å².